The molecule has 1 aliphatic heterocycles. The molecule has 1 heterocycles. The zero-order chi connectivity index (χ0) is 12.6. The molecule has 2 spiro atoms. The summed E-state index contributed by atoms with van der Waals surface area (Å²) < 4.78 is 0. The highest BCUT2D eigenvalue weighted by molar-refractivity contribution is 6.06. The minimum absolute atomic E-state index is 0.0802. The van der Waals surface area contributed by atoms with E-state index in [1.807, 2.05) is 0 Å². The Bertz CT molecular complexity index is 332. The van der Waals surface area contributed by atoms with Gasteiger partial charge in [0.15, 0.2) is 0 Å². The van der Waals surface area contributed by atoms with Gasteiger partial charge in [0, 0.05) is 0 Å². The summed E-state index contributed by atoms with van der Waals surface area (Å²) in [6, 6.07) is 0. The Balaban J connectivity index is 1.88. The Morgan fingerprint density at radius 2 is 1.06 bits per heavy atom. The van der Waals surface area contributed by atoms with Gasteiger partial charge in [-0.25, -0.2) is 0 Å². The van der Waals surface area contributed by atoms with E-state index >= 15 is 0 Å². The average Bonchev–Trinajstić information content (AvgIpc) is 2.39. The first-order valence-corrected chi connectivity index (χ1v) is 7.32. The van der Waals surface area contributed by atoms with Crippen LogP contribution in [0.25, 0.3) is 0 Å². The quantitative estimate of drug-likeness (QED) is 0.643. The molecule has 100 valence electrons. The van der Waals surface area contributed by atoms with Crippen molar-refractivity contribution in [2.75, 3.05) is 0 Å². The van der Waals surface area contributed by atoms with Crippen LogP contribution in [0.4, 0.5) is 0 Å². The van der Waals surface area contributed by atoms with Gasteiger partial charge in [0.05, 0.1) is 11.1 Å². The first kappa shape index (κ1) is 12.2. The molecule has 0 unspecified atom stereocenters. The van der Waals surface area contributed by atoms with E-state index in [-0.39, 0.29) is 11.8 Å². The number of hydrogen-bond acceptors (Lipinski definition) is 3. The molecule has 1 saturated heterocycles. The van der Waals surface area contributed by atoms with Crippen molar-refractivity contribution in [3.05, 3.63) is 0 Å². The van der Waals surface area contributed by atoms with Gasteiger partial charge in [-0.2, -0.15) is 0 Å². The Morgan fingerprint density at radius 1 is 0.667 bits per heavy atom. The molecule has 3 aliphatic rings. The Kier molecular flexibility index (Phi) is 2.93. The normalized spacial score (nSPS) is 30.4. The van der Waals surface area contributed by atoms with Crippen LogP contribution < -0.4 is 10.6 Å². The molecule has 2 saturated carbocycles. The third-order valence-electron chi connectivity index (χ3n) is 4.99. The number of rotatable bonds is 0. The molecule has 2 N–H and O–H groups in total. The molecule has 3 fully saturated rings. The minimum Gasteiger partial charge on any atom is -0.293 e. The van der Waals surface area contributed by atoms with E-state index in [9.17, 15) is 9.59 Å². The molecule has 4 nitrogen and oxygen atoms in total. The fourth-order valence-electron chi connectivity index (χ4n) is 3.93. The summed E-state index contributed by atoms with van der Waals surface area (Å²) in [5, 5.41) is 6.18. The molecule has 0 aromatic carbocycles. The molecule has 0 atom stereocenters. The van der Waals surface area contributed by atoms with E-state index in [4.69, 9.17) is 0 Å². The van der Waals surface area contributed by atoms with Crippen LogP contribution >= 0.6 is 0 Å². The fraction of sp³-hybridized carbons (Fsp3) is 0.857. The summed E-state index contributed by atoms with van der Waals surface area (Å²) in [5.41, 5.74) is -0.910. The molecule has 2 aliphatic carbocycles. The van der Waals surface area contributed by atoms with E-state index in [0.717, 1.165) is 51.4 Å². The smallest absolute Gasteiger partial charge is 0.246 e. The highest BCUT2D eigenvalue weighted by Gasteiger charge is 2.54. The maximum absolute atomic E-state index is 12.2. The average molecular weight is 250 g/mol. The van der Waals surface area contributed by atoms with Crippen molar-refractivity contribution in [2.24, 2.45) is 0 Å². The third kappa shape index (κ3) is 1.78. The van der Waals surface area contributed by atoms with Crippen LogP contribution in [0.15, 0.2) is 0 Å². The molecule has 0 aromatic heterocycles. The second-order valence-corrected chi connectivity index (χ2v) is 6.19. The van der Waals surface area contributed by atoms with Crippen LogP contribution in [0, 0.1) is 0 Å². The van der Waals surface area contributed by atoms with Crippen LogP contribution in [-0.2, 0) is 9.59 Å². The first-order valence-electron chi connectivity index (χ1n) is 7.32. The SMILES string of the molecule is O=C1NC(=O)C2(CCCCC2)NC12CCCCC2. The van der Waals surface area contributed by atoms with E-state index in [0.29, 0.717) is 0 Å². The summed E-state index contributed by atoms with van der Waals surface area (Å²) in [6.07, 6.45) is 10.3. The first-order chi connectivity index (χ1) is 8.67. The summed E-state index contributed by atoms with van der Waals surface area (Å²) >= 11 is 0. The van der Waals surface area contributed by atoms with E-state index in [1.54, 1.807) is 0 Å². The van der Waals surface area contributed by atoms with Crippen molar-refractivity contribution in [3.63, 3.8) is 0 Å². The Labute approximate surface area is 108 Å². The molecule has 3 rings (SSSR count). The lowest BCUT2D eigenvalue weighted by Gasteiger charge is -2.50. The Morgan fingerprint density at radius 3 is 1.44 bits per heavy atom. The van der Waals surface area contributed by atoms with Crippen molar-refractivity contribution < 1.29 is 9.59 Å². The summed E-state index contributed by atoms with van der Waals surface area (Å²) in [4.78, 5) is 24.4. The molecular weight excluding hydrogens is 228 g/mol. The van der Waals surface area contributed by atoms with Gasteiger partial charge in [0.25, 0.3) is 0 Å². The van der Waals surface area contributed by atoms with Gasteiger partial charge in [0.2, 0.25) is 11.8 Å². The molecule has 4 heteroatoms. The van der Waals surface area contributed by atoms with Crippen LogP contribution in [0.3, 0.4) is 0 Å². The van der Waals surface area contributed by atoms with Crippen molar-refractivity contribution in [3.8, 4) is 0 Å². The van der Waals surface area contributed by atoms with Crippen molar-refractivity contribution in [2.45, 2.75) is 75.3 Å². The number of amides is 2. The van der Waals surface area contributed by atoms with E-state index < -0.39 is 11.1 Å². The van der Waals surface area contributed by atoms with Crippen molar-refractivity contribution >= 4 is 11.8 Å². The summed E-state index contributed by atoms with van der Waals surface area (Å²) in [7, 11) is 0. The number of imide groups is 1. The van der Waals surface area contributed by atoms with Gasteiger partial charge in [0.1, 0.15) is 0 Å². The lowest BCUT2D eigenvalue weighted by molar-refractivity contribution is -0.148. The van der Waals surface area contributed by atoms with Crippen LogP contribution in [-0.4, -0.2) is 22.9 Å². The van der Waals surface area contributed by atoms with Gasteiger partial charge in [-0.1, -0.05) is 38.5 Å². The zero-order valence-corrected chi connectivity index (χ0v) is 10.9. The lowest BCUT2D eigenvalue weighted by Crippen LogP contribution is -2.76. The number of carbonyl (C=O) groups is 2. The van der Waals surface area contributed by atoms with Crippen LogP contribution in [0.5, 0.6) is 0 Å². The van der Waals surface area contributed by atoms with Gasteiger partial charge in [-0.05, 0) is 25.7 Å². The summed E-state index contributed by atoms with van der Waals surface area (Å²) in [6.45, 7) is 0. The second-order valence-electron chi connectivity index (χ2n) is 6.19. The number of nitrogens with one attached hydrogen (secondary N) is 2. The molecule has 18 heavy (non-hydrogen) atoms. The van der Waals surface area contributed by atoms with E-state index in [2.05, 4.69) is 10.6 Å². The van der Waals surface area contributed by atoms with Gasteiger partial charge >= 0.3 is 0 Å². The number of carbonyl (C=O) groups excluding carboxylic acids is 2. The maximum Gasteiger partial charge on any atom is 0.246 e. The number of piperazine rings is 1. The highest BCUT2D eigenvalue weighted by atomic mass is 16.2. The van der Waals surface area contributed by atoms with Gasteiger partial charge in [-0.3, -0.25) is 20.2 Å². The third-order valence-corrected chi connectivity index (χ3v) is 4.99. The fourth-order valence-corrected chi connectivity index (χ4v) is 3.93. The predicted octanol–water partition coefficient (Wildman–Crippen LogP) is 1.64. The Hall–Kier alpha value is -0.900. The van der Waals surface area contributed by atoms with Crippen LogP contribution in [0.2, 0.25) is 0 Å². The monoisotopic (exact) mass is 250 g/mol. The molecule has 0 aromatic rings. The maximum atomic E-state index is 12.2. The topological polar surface area (TPSA) is 58.2 Å². The largest absolute Gasteiger partial charge is 0.293 e. The number of hydrogen-bond donors (Lipinski definition) is 2. The standard InChI is InChI=1S/C14H22N2O2/c17-11-13(7-3-1-4-8-13)16-14(12(18)15-11)9-5-2-6-10-14/h16H,1-10H2,(H,15,17,18). The lowest BCUT2D eigenvalue weighted by atomic mass is 9.72. The molecule has 0 radical (unpaired) electrons. The molecular formula is C14H22N2O2. The van der Waals surface area contributed by atoms with Gasteiger partial charge < -0.3 is 0 Å². The second kappa shape index (κ2) is 4.34. The van der Waals surface area contributed by atoms with Crippen LogP contribution in [0.1, 0.15) is 64.2 Å². The predicted molar refractivity (Wildman–Crippen MR) is 67.9 cm³/mol. The molecule has 2 amide bonds. The summed E-state index contributed by atoms with van der Waals surface area (Å²) in [5.74, 6) is -0.160. The highest BCUT2D eigenvalue weighted by Crippen LogP contribution is 2.38. The van der Waals surface area contributed by atoms with Gasteiger partial charge in [-0.15, -0.1) is 0 Å². The van der Waals surface area contributed by atoms with Crippen molar-refractivity contribution in [1.29, 1.82) is 0 Å². The zero-order valence-electron chi connectivity index (χ0n) is 10.9. The minimum atomic E-state index is -0.455. The van der Waals surface area contributed by atoms with E-state index in [1.165, 1.54) is 12.8 Å². The van der Waals surface area contributed by atoms with Crippen molar-refractivity contribution in [1.82, 2.24) is 10.6 Å². The molecule has 0 bridgehead atoms.